The SMILES string of the molecule is O=S(=O)(c1cccs1)N1CCN(Cn2cnc3ccccc32)CC1. The molecule has 2 aromatic heterocycles. The minimum absolute atomic E-state index is 0.427. The van der Waals surface area contributed by atoms with Crippen LogP contribution in [0.1, 0.15) is 0 Å². The summed E-state index contributed by atoms with van der Waals surface area (Å²) in [7, 11) is -3.33. The van der Waals surface area contributed by atoms with Crippen molar-refractivity contribution >= 4 is 32.4 Å². The van der Waals surface area contributed by atoms with E-state index >= 15 is 0 Å². The third-order valence-corrected chi connectivity index (χ3v) is 7.57. The second-order valence-corrected chi connectivity index (χ2v) is 8.91. The molecule has 6 nitrogen and oxygen atoms in total. The maximum atomic E-state index is 12.5. The summed E-state index contributed by atoms with van der Waals surface area (Å²) in [4.78, 5) is 6.66. The van der Waals surface area contributed by atoms with Crippen LogP contribution in [0, 0.1) is 0 Å². The Hall–Kier alpha value is -1.74. The lowest BCUT2D eigenvalue weighted by Gasteiger charge is -2.33. The van der Waals surface area contributed by atoms with Crippen molar-refractivity contribution in [2.24, 2.45) is 0 Å². The number of nitrogens with zero attached hydrogens (tertiary/aromatic N) is 4. The average Bonchev–Trinajstić information content (AvgIpc) is 3.26. The Bertz CT molecular complexity index is 926. The van der Waals surface area contributed by atoms with Gasteiger partial charge in [-0.25, -0.2) is 13.4 Å². The van der Waals surface area contributed by atoms with Gasteiger partial charge in [-0.2, -0.15) is 4.31 Å². The monoisotopic (exact) mass is 362 g/mol. The number of aromatic nitrogens is 2. The molecule has 24 heavy (non-hydrogen) atoms. The van der Waals surface area contributed by atoms with E-state index in [1.807, 2.05) is 24.5 Å². The van der Waals surface area contributed by atoms with E-state index in [0.717, 1.165) is 30.8 Å². The fraction of sp³-hybridized carbons (Fsp3) is 0.312. The molecule has 0 saturated carbocycles. The van der Waals surface area contributed by atoms with Crippen LogP contribution in [0.4, 0.5) is 0 Å². The molecule has 1 saturated heterocycles. The van der Waals surface area contributed by atoms with E-state index in [4.69, 9.17) is 0 Å². The number of hydrogen-bond donors (Lipinski definition) is 0. The number of benzene rings is 1. The van der Waals surface area contributed by atoms with E-state index in [1.54, 1.807) is 21.8 Å². The van der Waals surface area contributed by atoms with Gasteiger partial charge in [-0.15, -0.1) is 11.3 Å². The molecule has 0 spiro atoms. The van der Waals surface area contributed by atoms with E-state index in [1.165, 1.54) is 11.3 Å². The molecule has 3 heterocycles. The Morgan fingerprint density at radius 1 is 1.04 bits per heavy atom. The lowest BCUT2D eigenvalue weighted by atomic mass is 10.3. The fourth-order valence-electron chi connectivity index (χ4n) is 2.99. The topological polar surface area (TPSA) is 58.4 Å². The molecule has 0 unspecified atom stereocenters. The summed E-state index contributed by atoms with van der Waals surface area (Å²) in [5.41, 5.74) is 2.09. The van der Waals surface area contributed by atoms with Crippen molar-refractivity contribution in [2.45, 2.75) is 10.9 Å². The maximum absolute atomic E-state index is 12.5. The molecule has 0 atom stereocenters. The van der Waals surface area contributed by atoms with Gasteiger partial charge in [0.15, 0.2) is 0 Å². The molecule has 0 amide bonds. The molecular weight excluding hydrogens is 344 g/mol. The van der Waals surface area contributed by atoms with E-state index in [0.29, 0.717) is 17.3 Å². The Morgan fingerprint density at radius 3 is 2.58 bits per heavy atom. The van der Waals surface area contributed by atoms with Gasteiger partial charge in [0.25, 0.3) is 10.0 Å². The van der Waals surface area contributed by atoms with Crippen LogP contribution < -0.4 is 0 Å². The summed E-state index contributed by atoms with van der Waals surface area (Å²) >= 11 is 1.27. The number of imidazole rings is 1. The van der Waals surface area contributed by atoms with Gasteiger partial charge < -0.3 is 4.57 Å². The normalized spacial score (nSPS) is 17.5. The molecule has 0 aliphatic carbocycles. The van der Waals surface area contributed by atoms with Crippen LogP contribution in [0.25, 0.3) is 11.0 Å². The van der Waals surface area contributed by atoms with Crippen LogP contribution in [0.2, 0.25) is 0 Å². The van der Waals surface area contributed by atoms with Crippen LogP contribution in [0.15, 0.2) is 52.3 Å². The van der Waals surface area contributed by atoms with Gasteiger partial charge >= 0.3 is 0 Å². The highest BCUT2D eigenvalue weighted by Gasteiger charge is 2.29. The first-order valence-corrected chi connectivity index (χ1v) is 10.1. The number of fused-ring (bicyclic) bond motifs is 1. The molecule has 1 fully saturated rings. The number of thiophene rings is 1. The minimum Gasteiger partial charge on any atom is -0.317 e. The van der Waals surface area contributed by atoms with Gasteiger partial charge in [0.2, 0.25) is 0 Å². The van der Waals surface area contributed by atoms with Crippen molar-refractivity contribution in [3.8, 4) is 0 Å². The third kappa shape index (κ3) is 2.86. The Labute approximate surface area is 145 Å². The molecule has 0 bridgehead atoms. The maximum Gasteiger partial charge on any atom is 0.252 e. The summed E-state index contributed by atoms with van der Waals surface area (Å²) in [6.07, 6.45) is 1.85. The Kier molecular flexibility index (Phi) is 4.13. The van der Waals surface area contributed by atoms with E-state index in [9.17, 15) is 8.42 Å². The molecule has 4 rings (SSSR count). The zero-order valence-corrected chi connectivity index (χ0v) is 14.7. The van der Waals surface area contributed by atoms with Gasteiger partial charge in [0.1, 0.15) is 4.21 Å². The molecule has 0 radical (unpaired) electrons. The number of hydrogen-bond acceptors (Lipinski definition) is 5. The summed E-state index contributed by atoms with van der Waals surface area (Å²) < 4.78 is 29.2. The van der Waals surface area contributed by atoms with Crippen molar-refractivity contribution in [3.63, 3.8) is 0 Å². The summed E-state index contributed by atoms with van der Waals surface area (Å²) in [6.45, 7) is 3.21. The van der Waals surface area contributed by atoms with Crippen molar-refractivity contribution in [2.75, 3.05) is 26.2 Å². The van der Waals surface area contributed by atoms with Crippen molar-refractivity contribution < 1.29 is 8.42 Å². The zero-order valence-electron chi connectivity index (χ0n) is 13.1. The smallest absolute Gasteiger partial charge is 0.252 e. The molecular formula is C16H18N4O2S2. The van der Waals surface area contributed by atoms with Crippen molar-refractivity contribution in [1.82, 2.24) is 18.8 Å². The predicted octanol–water partition coefficient (Wildman–Crippen LogP) is 2.06. The second-order valence-electron chi connectivity index (χ2n) is 5.80. The highest BCUT2D eigenvalue weighted by atomic mass is 32.2. The molecule has 1 aliphatic rings. The molecule has 3 aromatic rings. The van der Waals surface area contributed by atoms with Crippen molar-refractivity contribution in [1.29, 1.82) is 0 Å². The summed E-state index contributed by atoms with van der Waals surface area (Å²) in [5.74, 6) is 0. The van der Waals surface area contributed by atoms with Crippen LogP contribution in [0.5, 0.6) is 0 Å². The fourth-order valence-corrected chi connectivity index (χ4v) is 5.55. The minimum atomic E-state index is -3.33. The van der Waals surface area contributed by atoms with Gasteiger partial charge in [-0.05, 0) is 23.6 Å². The van der Waals surface area contributed by atoms with Gasteiger partial charge in [-0.3, -0.25) is 4.90 Å². The lowest BCUT2D eigenvalue weighted by Crippen LogP contribution is -2.48. The largest absolute Gasteiger partial charge is 0.317 e. The predicted molar refractivity (Wildman–Crippen MR) is 94.4 cm³/mol. The second kappa shape index (κ2) is 6.29. The van der Waals surface area contributed by atoms with Crippen molar-refractivity contribution in [3.05, 3.63) is 48.1 Å². The molecule has 1 aromatic carbocycles. The summed E-state index contributed by atoms with van der Waals surface area (Å²) in [5, 5.41) is 1.80. The van der Waals surface area contributed by atoms with Gasteiger partial charge in [0, 0.05) is 26.2 Å². The number of sulfonamides is 1. The van der Waals surface area contributed by atoms with Crippen LogP contribution in [0.3, 0.4) is 0 Å². The Morgan fingerprint density at radius 2 is 1.83 bits per heavy atom. The van der Waals surface area contributed by atoms with Crippen LogP contribution >= 0.6 is 11.3 Å². The van der Waals surface area contributed by atoms with E-state index in [-0.39, 0.29) is 0 Å². The number of piperazine rings is 1. The highest BCUT2D eigenvalue weighted by molar-refractivity contribution is 7.91. The summed E-state index contributed by atoms with van der Waals surface area (Å²) in [6, 6.07) is 11.5. The average molecular weight is 362 g/mol. The number of rotatable bonds is 4. The van der Waals surface area contributed by atoms with Crippen LogP contribution in [-0.4, -0.2) is 53.4 Å². The quantitative estimate of drug-likeness (QED) is 0.713. The van der Waals surface area contributed by atoms with Crippen LogP contribution in [-0.2, 0) is 16.7 Å². The first-order valence-electron chi connectivity index (χ1n) is 7.80. The van der Waals surface area contributed by atoms with E-state index in [2.05, 4.69) is 20.5 Å². The first-order chi connectivity index (χ1) is 11.6. The van der Waals surface area contributed by atoms with Gasteiger partial charge in [-0.1, -0.05) is 18.2 Å². The van der Waals surface area contributed by atoms with E-state index < -0.39 is 10.0 Å². The molecule has 0 N–H and O–H groups in total. The standard InChI is InChI=1S/C16H18N4O2S2/c21-24(22,16-6-3-11-23-16)20-9-7-18(8-10-20)13-19-12-17-14-4-1-2-5-15(14)19/h1-6,11-12H,7-10,13H2. The Balaban J connectivity index is 1.43. The lowest BCUT2D eigenvalue weighted by molar-refractivity contribution is 0.154. The first kappa shape index (κ1) is 15.8. The molecule has 8 heteroatoms. The van der Waals surface area contributed by atoms with Gasteiger partial charge in [0.05, 0.1) is 24.0 Å². The molecule has 1 aliphatic heterocycles. The third-order valence-electron chi connectivity index (χ3n) is 4.30. The number of para-hydroxylation sites is 2. The molecule has 126 valence electrons. The zero-order chi connectivity index (χ0) is 16.6. The highest BCUT2D eigenvalue weighted by Crippen LogP contribution is 2.22.